The highest BCUT2D eigenvalue weighted by Gasteiger charge is 2.63. The van der Waals surface area contributed by atoms with Crippen molar-refractivity contribution in [3.63, 3.8) is 0 Å². The largest absolute Gasteiger partial charge is 0.426 e. The normalized spacial score (nSPS) is 18.7. The SMILES string of the molecule is FC(F)(F)C1(F)CN(c2cc(Cl)nn3ncnc23)C1. The van der Waals surface area contributed by atoms with E-state index in [1.807, 2.05) is 0 Å². The van der Waals surface area contributed by atoms with Crippen LogP contribution in [0.2, 0.25) is 5.15 Å². The molecule has 19 heavy (non-hydrogen) atoms. The Bertz CT molecular complexity index is 633. The zero-order chi connectivity index (χ0) is 13.8. The van der Waals surface area contributed by atoms with Crippen LogP contribution in [0.5, 0.6) is 0 Å². The van der Waals surface area contributed by atoms with E-state index in [9.17, 15) is 17.6 Å². The second-order valence-electron chi connectivity index (χ2n) is 4.24. The molecular formula is C9H6ClF4N5. The standard InChI is InChI=1S/C9H6ClF4N5/c10-6-1-5(7-15-4-16-19(7)17-6)18-2-8(11,3-18)9(12,13)14/h1,4H,2-3H2. The zero-order valence-corrected chi connectivity index (χ0v) is 9.95. The van der Waals surface area contributed by atoms with Crippen molar-refractivity contribution in [2.75, 3.05) is 18.0 Å². The number of nitrogens with zero attached hydrogens (tertiary/aromatic N) is 5. The van der Waals surface area contributed by atoms with Gasteiger partial charge in [-0.2, -0.15) is 13.2 Å². The lowest BCUT2D eigenvalue weighted by Crippen LogP contribution is -2.66. The van der Waals surface area contributed by atoms with Gasteiger partial charge in [0.15, 0.2) is 10.8 Å². The number of fused-ring (bicyclic) bond motifs is 1. The van der Waals surface area contributed by atoms with Gasteiger partial charge < -0.3 is 4.90 Å². The molecule has 0 N–H and O–H groups in total. The summed E-state index contributed by atoms with van der Waals surface area (Å²) in [4.78, 5) is 5.06. The van der Waals surface area contributed by atoms with Gasteiger partial charge in [0.1, 0.15) is 6.33 Å². The number of halogens is 5. The monoisotopic (exact) mass is 295 g/mol. The van der Waals surface area contributed by atoms with Crippen LogP contribution >= 0.6 is 11.6 Å². The highest BCUT2D eigenvalue weighted by atomic mass is 35.5. The summed E-state index contributed by atoms with van der Waals surface area (Å²) in [6.45, 7) is -1.58. The van der Waals surface area contributed by atoms with E-state index in [-0.39, 0.29) is 16.5 Å². The van der Waals surface area contributed by atoms with Crippen LogP contribution in [0.25, 0.3) is 5.65 Å². The van der Waals surface area contributed by atoms with E-state index < -0.39 is 24.9 Å². The first-order valence-corrected chi connectivity index (χ1v) is 5.55. The van der Waals surface area contributed by atoms with E-state index >= 15 is 0 Å². The van der Waals surface area contributed by atoms with Gasteiger partial charge in [0.2, 0.25) is 5.67 Å². The van der Waals surface area contributed by atoms with E-state index in [1.54, 1.807) is 0 Å². The van der Waals surface area contributed by atoms with Crippen LogP contribution < -0.4 is 4.90 Å². The summed E-state index contributed by atoms with van der Waals surface area (Å²) in [6.07, 6.45) is -3.70. The molecular weight excluding hydrogens is 290 g/mol. The van der Waals surface area contributed by atoms with Gasteiger partial charge in [-0.3, -0.25) is 0 Å². The predicted octanol–water partition coefficient (Wildman–Crippen LogP) is 1.87. The van der Waals surface area contributed by atoms with Gasteiger partial charge in [0.05, 0.1) is 18.8 Å². The first-order valence-electron chi connectivity index (χ1n) is 5.17. The molecule has 2 aromatic rings. The minimum atomic E-state index is -4.88. The van der Waals surface area contributed by atoms with Crippen LogP contribution in [-0.4, -0.2) is 44.7 Å². The van der Waals surface area contributed by atoms with E-state index in [2.05, 4.69) is 15.2 Å². The maximum atomic E-state index is 13.5. The third-order valence-corrected chi connectivity index (χ3v) is 3.12. The highest BCUT2D eigenvalue weighted by Crippen LogP contribution is 2.43. The lowest BCUT2D eigenvalue weighted by molar-refractivity contribution is -0.237. The maximum Gasteiger partial charge on any atom is 0.426 e. The molecule has 1 saturated heterocycles. The fraction of sp³-hybridized carbons (Fsp3) is 0.444. The first kappa shape index (κ1) is 12.4. The second-order valence-corrected chi connectivity index (χ2v) is 4.63. The molecule has 0 amide bonds. The van der Waals surface area contributed by atoms with Gasteiger partial charge in [-0.1, -0.05) is 11.6 Å². The molecule has 2 aromatic heterocycles. The highest BCUT2D eigenvalue weighted by molar-refractivity contribution is 6.29. The molecule has 0 aliphatic carbocycles. The number of anilines is 1. The third kappa shape index (κ3) is 1.79. The Morgan fingerprint density at radius 3 is 2.63 bits per heavy atom. The predicted molar refractivity (Wildman–Crippen MR) is 57.9 cm³/mol. The van der Waals surface area contributed by atoms with Gasteiger partial charge >= 0.3 is 6.18 Å². The second kappa shape index (κ2) is 3.69. The van der Waals surface area contributed by atoms with Crippen LogP contribution in [0.1, 0.15) is 0 Å². The molecule has 0 spiro atoms. The number of aromatic nitrogens is 4. The molecule has 1 aliphatic rings. The molecule has 0 bridgehead atoms. The fourth-order valence-electron chi connectivity index (χ4n) is 1.92. The summed E-state index contributed by atoms with van der Waals surface area (Å²) in [6, 6.07) is 1.33. The Morgan fingerprint density at radius 1 is 1.32 bits per heavy atom. The smallest absolute Gasteiger partial charge is 0.361 e. The van der Waals surface area contributed by atoms with Crippen molar-refractivity contribution in [1.29, 1.82) is 0 Å². The van der Waals surface area contributed by atoms with Crippen molar-refractivity contribution in [2.24, 2.45) is 0 Å². The fourth-order valence-corrected chi connectivity index (χ4v) is 2.09. The van der Waals surface area contributed by atoms with Crippen LogP contribution in [-0.2, 0) is 0 Å². The molecule has 102 valence electrons. The molecule has 3 rings (SSSR count). The molecule has 0 atom stereocenters. The van der Waals surface area contributed by atoms with Gasteiger partial charge in [-0.05, 0) is 0 Å². The molecule has 10 heteroatoms. The van der Waals surface area contributed by atoms with E-state index in [1.165, 1.54) is 17.3 Å². The minimum absolute atomic E-state index is 0.0383. The summed E-state index contributed by atoms with van der Waals surface area (Å²) in [5, 5.41) is 7.56. The Morgan fingerprint density at radius 2 is 2.00 bits per heavy atom. The number of hydrogen-bond donors (Lipinski definition) is 0. The number of alkyl halides is 4. The van der Waals surface area contributed by atoms with Crippen LogP contribution in [0.3, 0.4) is 0 Å². The maximum absolute atomic E-state index is 13.5. The molecule has 1 aliphatic heterocycles. The third-order valence-electron chi connectivity index (χ3n) is 2.94. The van der Waals surface area contributed by atoms with Crippen molar-refractivity contribution in [3.05, 3.63) is 17.5 Å². The molecule has 0 aromatic carbocycles. The van der Waals surface area contributed by atoms with Crippen molar-refractivity contribution < 1.29 is 17.6 Å². The average Bonchev–Trinajstić information content (AvgIpc) is 2.69. The molecule has 0 saturated carbocycles. The van der Waals surface area contributed by atoms with Crippen molar-refractivity contribution in [2.45, 2.75) is 11.8 Å². The first-order chi connectivity index (χ1) is 8.80. The van der Waals surface area contributed by atoms with Gasteiger partial charge in [-0.15, -0.1) is 14.8 Å². The lowest BCUT2D eigenvalue weighted by Gasteiger charge is -2.46. The van der Waals surface area contributed by atoms with E-state index in [0.717, 1.165) is 4.63 Å². The molecule has 0 unspecified atom stereocenters. The van der Waals surface area contributed by atoms with Crippen molar-refractivity contribution in [1.82, 2.24) is 19.8 Å². The number of rotatable bonds is 1. The van der Waals surface area contributed by atoms with Crippen LogP contribution in [0, 0.1) is 0 Å². The van der Waals surface area contributed by atoms with Gasteiger partial charge in [-0.25, -0.2) is 9.37 Å². The summed E-state index contributed by atoms with van der Waals surface area (Å²) >= 11 is 5.72. The zero-order valence-electron chi connectivity index (χ0n) is 9.19. The lowest BCUT2D eigenvalue weighted by atomic mass is 9.95. The minimum Gasteiger partial charge on any atom is -0.361 e. The van der Waals surface area contributed by atoms with Crippen LogP contribution in [0.15, 0.2) is 12.4 Å². The Kier molecular flexibility index (Phi) is 2.40. The Balaban J connectivity index is 1.94. The van der Waals surface area contributed by atoms with E-state index in [4.69, 9.17) is 11.6 Å². The summed E-state index contributed by atoms with van der Waals surface area (Å²) in [5.74, 6) is 0. The quantitative estimate of drug-likeness (QED) is 0.754. The molecule has 5 nitrogen and oxygen atoms in total. The molecule has 1 fully saturated rings. The van der Waals surface area contributed by atoms with Gasteiger partial charge in [0.25, 0.3) is 0 Å². The average molecular weight is 296 g/mol. The summed E-state index contributed by atoms with van der Waals surface area (Å²) in [7, 11) is 0. The Hall–Kier alpha value is -1.64. The number of hydrogen-bond acceptors (Lipinski definition) is 4. The topological polar surface area (TPSA) is 46.3 Å². The molecule has 3 heterocycles. The van der Waals surface area contributed by atoms with Crippen LogP contribution in [0.4, 0.5) is 23.2 Å². The summed E-state index contributed by atoms with van der Waals surface area (Å²) in [5.41, 5.74) is -2.69. The van der Waals surface area contributed by atoms with E-state index in [0.29, 0.717) is 0 Å². The Labute approximate surface area is 108 Å². The van der Waals surface area contributed by atoms with Gasteiger partial charge in [0, 0.05) is 6.07 Å². The van der Waals surface area contributed by atoms with Crippen molar-refractivity contribution >= 4 is 22.9 Å². The molecule has 0 radical (unpaired) electrons. The summed E-state index contributed by atoms with van der Waals surface area (Å²) < 4.78 is 51.9. The van der Waals surface area contributed by atoms with Crippen molar-refractivity contribution in [3.8, 4) is 0 Å².